The number of carbonyl (C=O) groups is 1. The Morgan fingerprint density at radius 3 is 2.67 bits per heavy atom. The molecule has 2 fully saturated rings. The number of hydrogen-bond donors (Lipinski definition) is 1. The Morgan fingerprint density at radius 1 is 1.21 bits per heavy atom. The molecule has 2 unspecified atom stereocenters. The molecule has 7 rings (SSSR count). The number of nitrogens with one attached hydrogen (secondary N) is 1. The van der Waals surface area contributed by atoms with Crippen LogP contribution < -0.4 is 5.32 Å². The zero-order valence-electron chi connectivity index (χ0n) is 25.5. The molecular weight excluding hydrogens is 581 g/mol. The summed E-state index contributed by atoms with van der Waals surface area (Å²) in [6.45, 7) is 13.8. The molecule has 0 bridgehead atoms. The van der Waals surface area contributed by atoms with Gasteiger partial charge in [0.05, 0.1) is 17.1 Å². The SMILES string of the molecule is CCn1nnc2c(C)c([C@H](c3cc(CN4C[C@@H](C)Cc5ncccc5S4(=O)=O)c(C)s3)C(C)(C)C(=O)C3C4NC43)ccc21. The van der Waals surface area contributed by atoms with Crippen LogP contribution in [0.5, 0.6) is 0 Å². The summed E-state index contributed by atoms with van der Waals surface area (Å²) in [6.07, 6.45) is 2.29. The lowest BCUT2D eigenvalue weighted by molar-refractivity contribution is -0.130. The Labute approximate surface area is 256 Å². The van der Waals surface area contributed by atoms with Gasteiger partial charge in [-0.1, -0.05) is 32.1 Å². The molecule has 1 N–H and O–H groups in total. The van der Waals surface area contributed by atoms with Gasteiger partial charge in [0.15, 0.2) is 0 Å². The molecule has 2 aliphatic heterocycles. The highest BCUT2D eigenvalue weighted by Crippen LogP contribution is 2.54. The average Bonchev–Trinajstić information content (AvgIpc) is 3.80. The summed E-state index contributed by atoms with van der Waals surface area (Å²) in [5, 5.41) is 12.2. The third-order valence-corrected chi connectivity index (χ3v) is 12.8. The fourth-order valence-electron chi connectivity index (χ4n) is 7.07. The first-order valence-electron chi connectivity index (χ1n) is 15.1. The van der Waals surface area contributed by atoms with E-state index < -0.39 is 15.4 Å². The predicted octanol–water partition coefficient (Wildman–Crippen LogP) is 4.61. The van der Waals surface area contributed by atoms with Gasteiger partial charge in [0.25, 0.3) is 0 Å². The van der Waals surface area contributed by atoms with E-state index >= 15 is 0 Å². The molecule has 5 heterocycles. The van der Waals surface area contributed by atoms with Gasteiger partial charge < -0.3 is 5.32 Å². The Morgan fingerprint density at radius 2 is 1.98 bits per heavy atom. The van der Waals surface area contributed by atoms with Crippen LogP contribution in [-0.2, 0) is 34.3 Å². The molecule has 1 saturated carbocycles. The van der Waals surface area contributed by atoms with E-state index in [2.05, 4.69) is 73.4 Å². The predicted molar refractivity (Wildman–Crippen MR) is 167 cm³/mol. The van der Waals surface area contributed by atoms with Gasteiger partial charge in [-0.2, -0.15) is 4.31 Å². The molecule has 1 aliphatic carbocycles. The number of aromatic nitrogens is 4. The second-order valence-corrected chi connectivity index (χ2v) is 16.3. The molecule has 226 valence electrons. The largest absolute Gasteiger partial charge is 0.307 e. The minimum Gasteiger partial charge on any atom is -0.307 e. The van der Waals surface area contributed by atoms with Crippen molar-refractivity contribution in [1.82, 2.24) is 29.6 Å². The number of thiophene rings is 1. The topological polar surface area (TPSA) is 120 Å². The lowest BCUT2D eigenvalue weighted by Gasteiger charge is -2.35. The van der Waals surface area contributed by atoms with E-state index in [1.54, 1.807) is 34.0 Å². The van der Waals surface area contributed by atoms with Crippen LogP contribution in [0.3, 0.4) is 0 Å². The number of rotatable bonds is 8. The van der Waals surface area contributed by atoms with E-state index in [1.165, 1.54) is 0 Å². The molecule has 43 heavy (non-hydrogen) atoms. The first kappa shape index (κ1) is 28.8. The average molecular weight is 619 g/mol. The minimum absolute atomic E-state index is 0.0699. The van der Waals surface area contributed by atoms with Crippen LogP contribution in [0.2, 0.25) is 0 Å². The molecule has 3 aromatic heterocycles. The van der Waals surface area contributed by atoms with Crippen molar-refractivity contribution in [2.24, 2.45) is 17.3 Å². The summed E-state index contributed by atoms with van der Waals surface area (Å²) in [7, 11) is -3.71. The van der Waals surface area contributed by atoms with Crippen molar-refractivity contribution in [2.75, 3.05) is 6.54 Å². The second-order valence-electron chi connectivity index (χ2n) is 13.1. The van der Waals surface area contributed by atoms with Crippen LogP contribution >= 0.6 is 11.3 Å². The third-order valence-electron chi connectivity index (χ3n) is 9.74. The fraction of sp³-hybridized carbons (Fsp3) is 0.500. The van der Waals surface area contributed by atoms with E-state index in [1.807, 2.05) is 11.6 Å². The van der Waals surface area contributed by atoms with E-state index in [4.69, 9.17) is 0 Å². The second kappa shape index (κ2) is 10.0. The number of aryl methyl sites for hydroxylation is 3. The zero-order valence-corrected chi connectivity index (χ0v) is 27.1. The number of sulfonamides is 1. The van der Waals surface area contributed by atoms with Gasteiger partial charge in [0, 0.05) is 59.0 Å². The number of benzene rings is 1. The minimum atomic E-state index is -3.71. The number of fused-ring (bicyclic) bond motifs is 3. The summed E-state index contributed by atoms with van der Waals surface area (Å²) >= 11 is 1.67. The highest BCUT2D eigenvalue weighted by molar-refractivity contribution is 7.89. The molecule has 3 aliphatic rings. The standard InChI is InChI=1S/C32H38N6O3S2/c1-7-38-23-11-10-21(18(3)28(23)35-36-38)27(32(5,6)31(39)26-29-30(26)34-29)24-14-20(19(4)42-24)16-37-15-17(2)13-22-25(43(37,40)41)9-8-12-33-22/h8-12,14,17,26-27,29-30,34H,7,13,15-16H2,1-6H3/t17-,26?,27+,29?,30?/m0/s1. The monoisotopic (exact) mass is 618 g/mol. The third kappa shape index (κ3) is 4.58. The van der Waals surface area contributed by atoms with E-state index in [9.17, 15) is 13.2 Å². The molecule has 0 amide bonds. The molecular formula is C32H38N6O3S2. The maximum absolute atomic E-state index is 14.0. The van der Waals surface area contributed by atoms with Gasteiger partial charge in [0.2, 0.25) is 10.0 Å². The van der Waals surface area contributed by atoms with Crippen LogP contribution in [0.15, 0.2) is 41.4 Å². The van der Waals surface area contributed by atoms with Crippen LogP contribution in [0.1, 0.15) is 65.8 Å². The number of hydrogen-bond acceptors (Lipinski definition) is 8. The molecule has 11 heteroatoms. The van der Waals surface area contributed by atoms with Crippen molar-refractivity contribution in [3.8, 4) is 0 Å². The van der Waals surface area contributed by atoms with Gasteiger partial charge in [-0.3, -0.25) is 9.78 Å². The molecule has 1 saturated heterocycles. The highest BCUT2D eigenvalue weighted by atomic mass is 32.2. The van der Waals surface area contributed by atoms with Gasteiger partial charge in [-0.15, -0.1) is 16.4 Å². The molecule has 4 atom stereocenters. The molecule has 1 aromatic carbocycles. The zero-order chi connectivity index (χ0) is 30.4. The van der Waals surface area contributed by atoms with Crippen molar-refractivity contribution < 1.29 is 13.2 Å². The van der Waals surface area contributed by atoms with Gasteiger partial charge in [0.1, 0.15) is 16.2 Å². The number of nitrogens with zero attached hydrogens (tertiary/aromatic N) is 5. The highest BCUT2D eigenvalue weighted by Gasteiger charge is 2.70. The lowest BCUT2D eigenvalue weighted by atomic mass is 9.68. The number of Topliss-reactive ketones (excluding diaryl/α,β-unsaturated/α-hetero) is 1. The summed E-state index contributed by atoms with van der Waals surface area (Å²) in [5.41, 5.74) is 4.87. The summed E-state index contributed by atoms with van der Waals surface area (Å²) in [4.78, 5) is 20.8. The van der Waals surface area contributed by atoms with E-state index in [0.717, 1.165) is 44.0 Å². The maximum atomic E-state index is 14.0. The molecule has 9 nitrogen and oxygen atoms in total. The van der Waals surface area contributed by atoms with Crippen molar-refractivity contribution in [1.29, 1.82) is 0 Å². The Balaban J connectivity index is 1.30. The number of ketones is 1. The van der Waals surface area contributed by atoms with Crippen molar-refractivity contribution >= 4 is 38.2 Å². The molecule has 0 spiro atoms. The number of carbonyl (C=O) groups excluding carboxylic acids is 1. The Hall–Kier alpha value is -2.99. The quantitative estimate of drug-likeness (QED) is 0.287. The Kier molecular flexibility index (Phi) is 6.70. The van der Waals surface area contributed by atoms with Gasteiger partial charge in [-0.05, 0) is 74.1 Å². The van der Waals surface area contributed by atoms with E-state index in [0.29, 0.717) is 35.6 Å². The van der Waals surface area contributed by atoms with Gasteiger partial charge >= 0.3 is 0 Å². The summed E-state index contributed by atoms with van der Waals surface area (Å²) in [5.74, 6) is 0.278. The number of pyridine rings is 1. The van der Waals surface area contributed by atoms with Crippen molar-refractivity contribution in [3.05, 3.63) is 68.7 Å². The summed E-state index contributed by atoms with van der Waals surface area (Å²) in [6, 6.07) is 10.4. The first-order valence-corrected chi connectivity index (χ1v) is 17.4. The first-order chi connectivity index (χ1) is 20.4. The summed E-state index contributed by atoms with van der Waals surface area (Å²) < 4.78 is 31.2. The van der Waals surface area contributed by atoms with E-state index in [-0.39, 0.29) is 30.1 Å². The molecule has 4 aromatic rings. The Bertz CT molecular complexity index is 1870. The van der Waals surface area contributed by atoms with Crippen LogP contribution in [0.25, 0.3) is 11.0 Å². The smallest absolute Gasteiger partial charge is 0.245 e. The van der Waals surface area contributed by atoms with Crippen LogP contribution in [0.4, 0.5) is 0 Å². The normalized spacial score (nSPS) is 25.2. The van der Waals surface area contributed by atoms with Crippen LogP contribution in [-0.4, -0.2) is 57.1 Å². The van der Waals surface area contributed by atoms with Crippen molar-refractivity contribution in [2.45, 2.75) is 83.9 Å². The lowest BCUT2D eigenvalue weighted by Crippen LogP contribution is -2.37. The van der Waals surface area contributed by atoms with Crippen molar-refractivity contribution in [3.63, 3.8) is 0 Å². The molecule has 0 radical (unpaired) electrons. The maximum Gasteiger partial charge on any atom is 0.245 e. The van der Waals surface area contributed by atoms with Gasteiger partial charge in [-0.25, -0.2) is 13.1 Å². The van der Waals surface area contributed by atoms with Crippen LogP contribution in [0, 0.1) is 31.1 Å². The fourth-order valence-corrected chi connectivity index (χ4v) is 10.1.